The van der Waals surface area contributed by atoms with Crippen LogP contribution in [0.5, 0.6) is 11.5 Å². The lowest BCUT2D eigenvalue weighted by molar-refractivity contribution is 0.0641. The average molecular weight is 284 g/mol. The minimum absolute atomic E-state index is 0.164. The second-order valence-electron chi connectivity index (χ2n) is 3.98. The second kappa shape index (κ2) is 9.17. The van der Waals surface area contributed by atoms with Gasteiger partial charge in [0, 0.05) is 20.1 Å². The first-order valence-electron chi connectivity index (χ1n) is 6.30. The third kappa shape index (κ3) is 5.46. The molecule has 0 aliphatic carbocycles. The van der Waals surface area contributed by atoms with Gasteiger partial charge >= 0.3 is 5.97 Å². The number of carboxylic acids is 1. The third-order valence-corrected chi connectivity index (χ3v) is 2.53. The molecule has 0 unspecified atom stereocenters. The van der Waals surface area contributed by atoms with Crippen molar-refractivity contribution in [2.75, 3.05) is 40.6 Å². The zero-order chi connectivity index (χ0) is 14.8. The predicted octanol–water partition coefficient (Wildman–Crippen LogP) is 1.83. The van der Waals surface area contributed by atoms with E-state index in [-0.39, 0.29) is 5.56 Å². The molecule has 6 heteroatoms. The van der Waals surface area contributed by atoms with Crippen molar-refractivity contribution in [3.63, 3.8) is 0 Å². The molecule has 0 saturated carbocycles. The number of hydrogen-bond acceptors (Lipinski definition) is 5. The van der Waals surface area contributed by atoms with E-state index in [4.69, 9.17) is 24.1 Å². The lowest BCUT2D eigenvalue weighted by Crippen LogP contribution is -2.07. The number of hydrogen-bond donors (Lipinski definition) is 1. The molecule has 0 saturated heterocycles. The number of carboxylic acid groups (broad SMARTS) is 1. The molecule has 0 spiro atoms. The molecule has 6 nitrogen and oxygen atoms in total. The predicted molar refractivity (Wildman–Crippen MR) is 72.8 cm³/mol. The van der Waals surface area contributed by atoms with Gasteiger partial charge < -0.3 is 24.1 Å². The van der Waals surface area contributed by atoms with Gasteiger partial charge in [0.15, 0.2) is 11.5 Å². The van der Waals surface area contributed by atoms with Crippen LogP contribution in [0.3, 0.4) is 0 Å². The Morgan fingerprint density at radius 1 is 1.10 bits per heavy atom. The van der Waals surface area contributed by atoms with Crippen LogP contribution in [0.2, 0.25) is 0 Å². The van der Waals surface area contributed by atoms with Crippen molar-refractivity contribution < 1.29 is 28.8 Å². The molecule has 112 valence electrons. The van der Waals surface area contributed by atoms with Crippen molar-refractivity contribution in [1.29, 1.82) is 0 Å². The minimum Gasteiger partial charge on any atom is -0.493 e. The zero-order valence-corrected chi connectivity index (χ0v) is 11.8. The van der Waals surface area contributed by atoms with Crippen LogP contribution >= 0.6 is 0 Å². The smallest absolute Gasteiger partial charge is 0.335 e. The van der Waals surface area contributed by atoms with Crippen LogP contribution in [0.25, 0.3) is 0 Å². The maximum Gasteiger partial charge on any atom is 0.335 e. The second-order valence-corrected chi connectivity index (χ2v) is 3.98. The Labute approximate surface area is 118 Å². The van der Waals surface area contributed by atoms with Crippen LogP contribution in [0, 0.1) is 0 Å². The highest BCUT2D eigenvalue weighted by atomic mass is 16.5. The van der Waals surface area contributed by atoms with E-state index in [0.717, 1.165) is 0 Å². The fraction of sp³-hybridized carbons (Fsp3) is 0.500. The first-order chi connectivity index (χ1) is 9.69. The van der Waals surface area contributed by atoms with E-state index < -0.39 is 5.97 Å². The van der Waals surface area contributed by atoms with E-state index in [1.807, 2.05) is 0 Å². The Morgan fingerprint density at radius 3 is 2.55 bits per heavy atom. The number of ether oxygens (including phenoxy) is 4. The standard InChI is InChI=1S/C14H20O6/c1-17-8-9-19-6-3-7-20-13-10-11(14(15)16)4-5-12(13)18-2/h4-5,10H,3,6-9H2,1-2H3,(H,15,16). The van der Waals surface area contributed by atoms with Crippen LogP contribution in [-0.4, -0.2) is 51.7 Å². The SMILES string of the molecule is COCCOCCCOc1cc(C(=O)O)ccc1OC. The molecule has 1 N–H and O–H groups in total. The number of carbonyl (C=O) groups is 1. The normalized spacial score (nSPS) is 10.3. The Hall–Kier alpha value is -1.79. The van der Waals surface area contributed by atoms with Crippen LogP contribution in [-0.2, 0) is 9.47 Å². The Balaban J connectivity index is 2.41. The first kappa shape index (κ1) is 16.3. The van der Waals surface area contributed by atoms with Crippen molar-refractivity contribution in [3.8, 4) is 11.5 Å². The maximum absolute atomic E-state index is 10.9. The third-order valence-electron chi connectivity index (χ3n) is 2.53. The fourth-order valence-electron chi connectivity index (χ4n) is 1.51. The summed E-state index contributed by atoms with van der Waals surface area (Å²) in [5.74, 6) is -0.0694. The number of rotatable bonds is 10. The van der Waals surface area contributed by atoms with Gasteiger partial charge in [0.05, 0.1) is 32.5 Å². The van der Waals surface area contributed by atoms with Crippen molar-refractivity contribution in [3.05, 3.63) is 23.8 Å². The van der Waals surface area contributed by atoms with E-state index in [1.165, 1.54) is 19.2 Å². The molecule has 0 heterocycles. The lowest BCUT2D eigenvalue weighted by atomic mass is 10.2. The topological polar surface area (TPSA) is 74.2 Å². The summed E-state index contributed by atoms with van der Waals surface area (Å²) in [5.41, 5.74) is 0.164. The van der Waals surface area contributed by atoms with Gasteiger partial charge in [0.1, 0.15) is 0 Å². The maximum atomic E-state index is 10.9. The fourth-order valence-corrected chi connectivity index (χ4v) is 1.51. The van der Waals surface area contributed by atoms with Gasteiger partial charge in [-0.2, -0.15) is 0 Å². The van der Waals surface area contributed by atoms with Gasteiger partial charge in [-0.1, -0.05) is 0 Å². The molecule has 0 amide bonds. The van der Waals surface area contributed by atoms with Crippen LogP contribution in [0.4, 0.5) is 0 Å². The largest absolute Gasteiger partial charge is 0.493 e. The van der Waals surface area contributed by atoms with Gasteiger partial charge in [0.2, 0.25) is 0 Å². The van der Waals surface area contributed by atoms with E-state index in [1.54, 1.807) is 13.2 Å². The monoisotopic (exact) mass is 284 g/mol. The molecule has 1 aromatic rings. The lowest BCUT2D eigenvalue weighted by Gasteiger charge is -2.11. The molecule has 0 aliphatic rings. The summed E-state index contributed by atoms with van der Waals surface area (Å²) < 4.78 is 20.8. The van der Waals surface area contributed by atoms with E-state index in [0.29, 0.717) is 44.3 Å². The van der Waals surface area contributed by atoms with Gasteiger partial charge in [-0.3, -0.25) is 0 Å². The number of methoxy groups -OCH3 is 2. The van der Waals surface area contributed by atoms with Gasteiger partial charge in [-0.15, -0.1) is 0 Å². The molecular formula is C14H20O6. The summed E-state index contributed by atoms with van der Waals surface area (Å²) in [6.45, 7) is 2.10. The summed E-state index contributed by atoms with van der Waals surface area (Å²) >= 11 is 0. The van der Waals surface area contributed by atoms with Crippen LogP contribution in [0.1, 0.15) is 16.8 Å². The molecule has 0 aromatic heterocycles. The molecule has 0 bridgehead atoms. The minimum atomic E-state index is -1.000. The molecule has 0 aliphatic heterocycles. The van der Waals surface area contributed by atoms with Crippen molar-refractivity contribution in [1.82, 2.24) is 0 Å². The highest BCUT2D eigenvalue weighted by Crippen LogP contribution is 2.28. The number of aromatic carboxylic acids is 1. The highest BCUT2D eigenvalue weighted by Gasteiger charge is 2.09. The molecule has 1 rings (SSSR count). The van der Waals surface area contributed by atoms with Gasteiger partial charge in [-0.25, -0.2) is 4.79 Å². The van der Waals surface area contributed by atoms with E-state index in [9.17, 15) is 4.79 Å². The van der Waals surface area contributed by atoms with Gasteiger partial charge in [-0.05, 0) is 18.2 Å². The molecule has 0 fully saturated rings. The highest BCUT2D eigenvalue weighted by molar-refractivity contribution is 5.88. The zero-order valence-electron chi connectivity index (χ0n) is 11.8. The van der Waals surface area contributed by atoms with Gasteiger partial charge in [0.25, 0.3) is 0 Å². The molecule has 0 radical (unpaired) electrons. The van der Waals surface area contributed by atoms with Crippen LogP contribution in [0.15, 0.2) is 18.2 Å². The summed E-state index contributed by atoms with van der Waals surface area (Å²) in [5, 5.41) is 8.94. The summed E-state index contributed by atoms with van der Waals surface area (Å²) in [6.07, 6.45) is 0.699. The Kier molecular flexibility index (Phi) is 7.46. The summed E-state index contributed by atoms with van der Waals surface area (Å²) in [7, 11) is 3.13. The quantitative estimate of drug-likeness (QED) is 0.661. The summed E-state index contributed by atoms with van der Waals surface area (Å²) in [6, 6.07) is 4.50. The van der Waals surface area contributed by atoms with E-state index >= 15 is 0 Å². The van der Waals surface area contributed by atoms with Crippen LogP contribution < -0.4 is 9.47 Å². The summed E-state index contributed by atoms with van der Waals surface area (Å²) in [4.78, 5) is 10.9. The number of benzene rings is 1. The molecule has 0 atom stereocenters. The van der Waals surface area contributed by atoms with Crippen molar-refractivity contribution in [2.24, 2.45) is 0 Å². The van der Waals surface area contributed by atoms with Crippen molar-refractivity contribution >= 4 is 5.97 Å². The first-order valence-corrected chi connectivity index (χ1v) is 6.30. The molecule has 20 heavy (non-hydrogen) atoms. The van der Waals surface area contributed by atoms with E-state index in [2.05, 4.69) is 0 Å². The Bertz CT molecular complexity index is 418. The molecule has 1 aromatic carbocycles. The molecular weight excluding hydrogens is 264 g/mol. The average Bonchev–Trinajstić information content (AvgIpc) is 2.46. The Morgan fingerprint density at radius 2 is 1.90 bits per heavy atom. The van der Waals surface area contributed by atoms with Crippen molar-refractivity contribution in [2.45, 2.75) is 6.42 Å².